The Hall–Kier alpha value is -2.08. The first kappa shape index (κ1) is 34.8. The summed E-state index contributed by atoms with van der Waals surface area (Å²) in [6, 6.07) is 15.5. The average Bonchev–Trinajstić information content (AvgIpc) is 3.05. The van der Waals surface area contributed by atoms with E-state index in [1.807, 2.05) is 93.7 Å². The Bertz CT molecular complexity index is 1370. The molecule has 4 rings (SSSR count). The predicted octanol–water partition coefficient (Wildman–Crippen LogP) is 11.9. The van der Waals surface area contributed by atoms with Gasteiger partial charge < -0.3 is 9.47 Å². The molecule has 0 atom stereocenters. The van der Waals surface area contributed by atoms with Crippen LogP contribution in [0.5, 0.6) is 11.5 Å². The van der Waals surface area contributed by atoms with Gasteiger partial charge in [0.25, 0.3) is 0 Å². The summed E-state index contributed by atoms with van der Waals surface area (Å²) in [6.07, 6.45) is 14.5. The molecule has 1 aromatic heterocycles. The zero-order valence-corrected chi connectivity index (χ0v) is 30.1. The third kappa shape index (κ3) is 9.47. The van der Waals surface area contributed by atoms with E-state index in [-0.39, 0.29) is 7.14 Å². The number of hydrogen-bond acceptors (Lipinski definition) is 4. The molecule has 0 aliphatic heterocycles. The Kier molecular flexibility index (Phi) is 14.4. The monoisotopic (exact) mass is 826 g/mol. The molecule has 0 saturated heterocycles. The van der Waals surface area contributed by atoms with E-state index in [1.165, 1.54) is 64.2 Å². The van der Waals surface area contributed by atoms with Crippen LogP contribution in [-0.2, 0) is 0 Å². The van der Waals surface area contributed by atoms with Crippen molar-refractivity contribution in [1.82, 2.24) is 9.97 Å². The van der Waals surface area contributed by atoms with Crippen molar-refractivity contribution in [2.75, 3.05) is 13.2 Å². The van der Waals surface area contributed by atoms with Crippen molar-refractivity contribution in [1.29, 1.82) is 0 Å². The van der Waals surface area contributed by atoms with Gasteiger partial charge in [-0.2, -0.15) is 0 Å². The van der Waals surface area contributed by atoms with Crippen molar-refractivity contribution in [2.24, 2.45) is 0 Å². The lowest BCUT2D eigenvalue weighted by Gasteiger charge is -2.14. The van der Waals surface area contributed by atoms with E-state index < -0.39 is 11.6 Å². The summed E-state index contributed by atoms with van der Waals surface area (Å²) in [7, 11) is 0. The quantitative estimate of drug-likeness (QED) is 0.0434. The molecule has 4 aromatic rings. The van der Waals surface area contributed by atoms with E-state index in [0.717, 1.165) is 35.5 Å². The van der Waals surface area contributed by atoms with Crippen LogP contribution in [0.15, 0.2) is 48.5 Å². The zero-order valence-electron chi connectivity index (χ0n) is 25.7. The van der Waals surface area contributed by atoms with Crippen molar-refractivity contribution < 1.29 is 18.3 Å². The molecule has 4 nitrogen and oxygen atoms in total. The summed E-state index contributed by atoms with van der Waals surface area (Å²) in [5.41, 5.74) is 3.52. The van der Waals surface area contributed by atoms with Crippen molar-refractivity contribution >= 4 is 56.2 Å². The molecule has 0 amide bonds. The fourth-order valence-electron chi connectivity index (χ4n) is 5.11. The molecule has 8 heteroatoms. The third-order valence-corrected chi connectivity index (χ3v) is 9.65. The highest BCUT2D eigenvalue weighted by Crippen LogP contribution is 2.36. The number of ether oxygens (including phenoxy) is 2. The van der Waals surface area contributed by atoms with E-state index in [4.69, 9.17) is 19.4 Å². The first-order valence-electron chi connectivity index (χ1n) is 15.9. The summed E-state index contributed by atoms with van der Waals surface area (Å²) in [4.78, 5) is 9.77. The lowest BCUT2D eigenvalue weighted by molar-refractivity contribution is 0.304. The van der Waals surface area contributed by atoms with Gasteiger partial charge in [0.2, 0.25) is 0 Å². The number of benzene rings is 3. The van der Waals surface area contributed by atoms with Crippen molar-refractivity contribution in [3.63, 3.8) is 0 Å². The summed E-state index contributed by atoms with van der Waals surface area (Å²) in [5.74, 6) is -0.218. The second kappa shape index (κ2) is 18.2. The van der Waals surface area contributed by atoms with Gasteiger partial charge in [0, 0.05) is 11.1 Å². The number of halogens is 4. The highest BCUT2D eigenvalue weighted by atomic mass is 127. The van der Waals surface area contributed by atoms with Gasteiger partial charge in [0.05, 0.1) is 31.7 Å². The van der Waals surface area contributed by atoms with E-state index in [1.54, 1.807) is 0 Å². The van der Waals surface area contributed by atoms with Gasteiger partial charge in [-0.25, -0.2) is 18.7 Å². The van der Waals surface area contributed by atoms with Crippen LogP contribution in [0.3, 0.4) is 0 Å². The van der Waals surface area contributed by atoms with Gasteiger partial charge in [-0.3, -0.25) is 0 Å². The molecule has 3 aromatic carbocycles. The smallest absolute Gasteiger partial charge is 0.175 e. The molecule has 0 radical (unpaired) electrons. The number of hydrogen-bond donors (Lipinski definition) is 0. The van der Waals surface area contributed by atoms with Gasteiger partial charge in [-0.15, -0.1) is 0 Å². The fraction of sp³-hybridized carbons (Fsp3) is 0.444. The standard InChI is InChI=1S/C36H42F2I2N2O2/c1-3-5-7-9-11-13-23-43-27-19-15-25(16-20-27)33-34(42-36-32(40)30(38)29(37)31(39)35(36)41-33)26-17-21-28(22-18-26)44-24-14-12-10-8-6-4-2/h15-22H,3-14,23-24H2,1-2H3. The number of rotatable bonds is 18. The van der Waals surface area contributed by atoms with E-state index in [9.17, 15) is 8.78 Å². The molecule has 0 unspecified atom stereocenters. The van der Waals surface area contributed by atoms with Crippen LogP contribution < -0.4 is 9.47 Å². The maximum Gasteiger partial charge on any atom is 0.175 e. The molecule has 0 saturated carbocycles. The number of unbranched alkanes of at least 4 members (excludes halogenated alkanes) is 10. The summed E-state index contributed by atoms with van der Waals surface area (Å²) in [5, 5.41) is 0. The van der Waals surface area contributed by atoms with Gasteiger partial charge in [-0.1, -0.05) is 78.1 Å². The Labute approximate surface area is 288 Å². The van der Waals surface area contributed by atoms with Crippen molar-refractivity contribution in [3.8, 4) is 34.0 Å². The minimum atomic E-state index is -0.902. The summed E-state index contributed by atoms with van der Waals surface area (Å²) in [6.45, 7) is 5.81. The first-order valence-corrected chi connectivity index (χ1v) is 18.1. The molecule has 236 valence electrons. The highest BCUT2D eigenvalue weighted by molar-refractivity contribution is 14.1. The zero-order chi connectivity index (χ0) is 31.3. The average molecular weight is 827 g/mol. The van der Waals surface area contributed by atoms with Gasteiger partial charge >= 0.3 is 0 Å². The molecule has 0 aliphatic rings. The molecular weight excluding hydrogens is 784 g/mol. The Morgan fingerprint density at radius 1 is 0.523 bits per heavy atom. The minimum absolute atomic E-state index is 0.119. The summed E-state index contributed by atoms with van der Waals surface area (Å²) >= 11 is 3.63. The van der Waals surface area contributed by atoms with Gasteiger partial charge in [-0.05, 0) is 107 Å². The Morgan fingerprint density at radius 3 is 1.23 bits per heavy atom. The van der Waals surface area contributed by atoms with Gasteiger partial charge in [0.1, 0.15) is 22.5 Å². The molecule has 0 fully saturated rings. The molecule has 0 aliphatic carbocycles. The van der Waals surface area contributed by atoms with Crippen molar-refractivity contribution in [3.05, 3.63) is 67.3 Å². The van der Waals surface area contributed by atoms with Crippen molar-refractivity contribution in [2.45, 2.75) is 90.9 Å². The van der Waals surface area contributed by atoms with E-state index >= 15 is 0 Å². The Balaban J connectivity index is 1.55. The molecule has 1 heterocycles. The fourth-order valence-corrected chi connectivity index (χ4v) is 6.33. The van der Waals surface area contributed by atoms with Crippen LogP contribution in [0.4, 0.5) is 8.78 Å². The second-order valence-corrected chi connectivity index (χ2v) is 13.3. The SMILES string of the molecule is CCCCCCCCOc1ccc(-c2nc3c(I)c(F)c(F)c(I)c3nc2-c2ccc(OCCCCCCCC)cc2)cc1. The molecular formula is C36H42F2I2N2O2. The molecule has 0 N–H and O–H groups in total. The highest BCUT2D eigenvalue weighted by Gasteiger charge is 2.22. The third-order valence-electron chi connectivity index (χ3n) is 7.68. The van der Waals surface area contributed by atoms with Crippen LogP contribution in [0.2, 0.25) is 0 Å². The van der Waals surface area contributed by atoms with Crippen LogP contribution in [0.1, 0.15) is 90.9 Å². The molecule has 0 bridgehead atoms. The maximum absolute atomic E-state index is 14.7. The molecule has 44 heavy (non-hydrogen) atoms. The normalized spacial score (nSPS) is 11.3. The van der Waals surface area contributed by atoms with Crippen LogP contribution in [0.25, 0.3) is 33.5 Å². The topological polar surface area (TPSA) is 44.2 Å². The first-order chi connectivity index (χ1) is 21.4. The second-order valence-electron chi connectivity index (χ2n) is 11.2. The van der Waals surface area contributed by atoms with Crippen LogP contribution in [0, 0.1) is 18.8 Å². The lowest BCUT2D eigenvalue weighted by Crippen LogP contribution is -2.03. The maximum atomic E-state index is 14.7. The number of nitrogens with zero attached hydrogens (tertiary/aromatic N) is 2. The van der Waals surface area contributed by atoms with Crippen LogP contribution >= 0.6 is 45.2 Å². The minimum Gasteiger partial charge on any atom is -0.494 e. The lowest BCUT2D eigenvalue weighted by atomic mass is 10.0. The Morgan fingerprint density at radius 2 is 0.864 bits per heavy atom. The van der Waals surface area contributed by atoms with E-state index in [0.29, 0.717) is 35.6 Å². The number of aromatic nitrogens is 2. The summed E-state index contributed by atoms with van der Waals surface area (Å²) < 4.78 is 41.7. The molecule has 0 spiro atoms. The van der Waals surface area contributed by atoms with Gasteiger partial charge in [0.15, 0.2) is 11.6 Å². The largest absolute Gasteiger partial charge is 0.494 e. The predicted molar refractivity (Wildman–Crippen MR) is 194 cm³/mol. The van der Waals surface area contributed by atoms with Crippen LogP contribution in [-0.4, -0.2) is 23.2 Å². The van der Waals surface area contributed by atoms with E-state index in [2.05, 4.69) is 13.8 Å². The number of fused-ring (bicyclic) bond motifs is 1.